The SMILES string of the molecule is CCCC(=O)C/C=C/C([O-])=C(/C(=O)[O-])C(=O)O. The number of carboxylic acids is 2. The Balaban J connectivity index is 4.69. The molecule has 17 heavy (non-hydrogen) atoms. The second-order valence-electron chi connectivity index (χ2n) is 3.23. The first-order valence-corrected chi connectivity index (χ1v) is 4.94. The fourth-order valence-corrected chi connectivity index (χ4v) is 1.05. The van der Waals surface area contributed by atoms with Crippen molar-refractivity contribution in [3.05, 3.63) is 23.5 Å². The maximum atomic E-state index is 11.1. The molecule has 0 atom stereocenters. The molecule has 0 saturated heterocycles. The molecule has 6 nitrogen and oxygen atoms in total. The summed E-state index contributed by atoms with van der Waals surface area (Å²) in [7, 11) is 0. The molecule has 0 unspecified atom stereocenters. The molecule has 0 aromatic carbocycles. The molecule has 1 N–H and O–H groups in total. The number of carbonyl (C=O) groups is 3. The molecule has 94 valence electrons. The van der Waals surface area contributed by atoms with Crippen LogP contribution in [0.4, 0.5) is 0 Å². The number of aliphatic carboxylic acids is 2. The van der Waals surface area contributed by atoms with Crippen LogP contribution in [0.1, 0.15) is 26.2 Å². The van der Waals surface area contributed by atoms with Crippen LogP contribution < -0.4 is 10.2 Å². The van der Waals surface area contributed by atoms with Crippen molar-refractivity contribution in [1.29, 1.82) is 0 Å². The van der Waals surface area contributed by atoms with Crippen LogP contribution in [-0.2, 0) is 14.4 Å². The summed E-state index contributed by atoms with van der Waals surface area (Å²) < 4.78 is 0. The minimum absolute atomic E-state index is 0.0282. The van der Waals surface area contributed by atoms with E-state index in [4.69, 9.17) is 5.11 Å². The molecule has 0 saturated carbocycles. The van der Waals surface area contributed by atoms with Gasteiger partial charge in [-0.2, -0.15) is 0 Å². The Hall–Kier alpha value is -2.11. The van der Waals surface area contributed by atoms with Crippen molar-refractivity contribution in [2.24, 2.45) is 0 Å². The summed E-state index contributed by atoms with van der Waals surface area (Å²) in [6, 6.07) is 0. The van der Waals surface area contributed by atoms with E-state index in [1.165, 1.54) is 0 Å². The minimum Gasteiger partial charge on any atom is -0.872 e. The predicted octanol–water partition coefficient (Wildman–Crippen LogP) is -1.25. The lowest BCUT2D eigenvalue weighted by Gasteiger charge is -2.13. The quantitative estimate of drug-likeness (QED) is 0.195. The first-order chi connectivity index (χ1) is 7.90. The van der Waals surface area contributed by atoms with Crippen LogP contribution in [0.5, 0.6) is 0 Å². The van der Waals surface area contributed by atoms with Gasteiger partial charge in [-0.15, -0.1) is 0 Å². The minimum atomic E-state index is -2.05. The third-order valence-electron chi connectivity index (χ3n) is 1.81. The monoisotopic (exact) mass is 240 g/mol. The second-order valence-corrected chi connectivity index (χ2v) is 3.23. The van der Waals surface area contributed by atoms with Gasteiger partial charge >= 0.3 is 5.97 Å². The molecular formula is C11H12O6-2. The lowest BCUT2D eigenvalue weighted by Crippen LogP contribution is -2.31. The lowest BCUT2D eigenvalue weighted by atomic mass is 10.1. The molecule has 0 radical (unpaired) electrons. The van der Waals surface area contributed by atoms with Crippen molar-refractivity contribution in [3.63, 3.8) is 0 Å². The van der Waals surface area contributed by atoms with Gasteiger partial charge in [-0.3, -0.25) is 4.79 Å². The Morgan fingerprint density at radius 2 is 1.82 bits per heavy atom. The van der Waals surface area contributed by atoms with Gasteiger partial charge in [0, 0.05) is 12.8 Å². The molecule has 0 bridgehead atoms. The van der Waals surface area contributed by atoms with Gasteiger partial charge < -0.3 is 20.1 Å². The van der Waals surface area contributed by atoms with Crippen LogP contribution >= 0.6 is 0 Å². The fourth-order valence-electron chi connectivity index (χ4n) is 1.05. The number of allylic oxidation sites excluding steroid dienone is 2. The Morgan fingerprint density at radius 1 is 1.24 bits per heavy atom. The van der Waals surface area contributed by atoms with Crippen molar-refractivity contribution in [3.8, 4) is 0 Å². The maximum absolute atomic E-state index is 11.1. The standard InChI is InChI=1S/C11H14O6/c1-2-4-7(12)5-3-6-8(13)9(10(14)15)11(16)17/h3,6,13H,2,4-5H2,1H3,(H,14,15)(H,16,17)/p-2/b6-3+. The lowest BCUT2D eigenvalue weighted by molar-refractivity contribution is -0.309. The highest BCUT2D eigenvalue weighted by Crippen LogP contribution is 2.02. The van der Waals surface area contributed by atoms with Gasteiger partial charge in [-0.25, -0.2) is 4.79 Å². The molecule has 0 aromatic rings. The summed E-state index contributed by atoms with van der Waals surface area (Å²) in [6.45, 7) is 1.82. The van der Waals surface area contributed by atoms with Gasteiger partial charge in [-0.05, 0) is 6.42 Å². The van der Waals surface area contributed by atoms with Gasteiger partial charge in [-0.1, -0.05) is 24.8 Å². The number of carboxylic acid groups (broad SMARTS) is 2. The molecule has 0 aliphatic heterocycles. The van der Waals surface area contributed by atoms with Crippen LogP contribution in [0.15, 0.2) is 23.5 Å². The highest BCUT2D eigenvalue weighted by Gasteiger charge is 2.08. The molecule has 0 fully saturated rings. The summed E-state index contributed by atoms with van der Waals surface area (Å²) >= 11 is 0. The first-order valence-electron chi connectivity index (χ1n) is 4.94. The number of hydrogen-bond donors (Lipinski definition) is 1. The average Bonchev–Trinajstić information content (AvgIpc) is 2.16. The van der Waals surface area contributed by atoms with E-state index in [9.17, 15) is 24.6 Å². The molecule has 0 aliphatic carbocycles. The van der Waals surface area contributed by atoms with Crippen molar-refractivity contribution in [2.45, 2.75) is 26.2 Å². The molecule has 6 heteroatoms. The van der Waals surface area contributed by atoms with Gasteiger partial charge in [0.1, 0.15) is 5.78 Å². The van der Waals surface area contributed by atoms with Gasteiger partial charge in [0.2, 0.25) is 0 Å². The zero-order chi connectivity index (χ0) is 13.4. The largest absolute Gasteiger partial charge is 0.872 e. The van der Waals surface area contributed by atoms with Gasteiger partial charge in [0.15, 0.2) is 0 Å². The Morgan fingerprint density at radius 3 is 2.24 bits per heavy atom. The fraction of sp³-hybridized carbons (Fsp3) is 0.364. The van der Waals surface area contributed by atoms with Crippen molar-refractivity contribution in [2.75, 3.05) is 0 Å². The van der Waals surface area contributed by atoms with Crippen LogP contribution in [-0.4, -0.2) is 22.8 Å². The number of carbonyl (C=O) groups excluding carboxylic acids is 2. The maximum Gasteiger partial charge on any atom is 0.336 e. The molecule has 0 heterocycles. The Labute approximate surface area is 97.9 Å². The number of Topliss-reactive ketones (excluding diaryl/α,β-unsaturated/α-hetero) is 1. The number of hydrogen-bond acceptors (Lipinski definition) is 5. The summed E-state index contributed by atoms with van der Waals surface area (Å²) in [5.74, 6) is -5.21. The molecule has 0 aromatic heterocycles. The van der Waals surface area contributed by atoms with Crippen molar-refractivity contribution in [1.82, 2.24) is 0 Å². The van der Waals surface area contributed by atoms with Crippen LogP contribution in [0.3, 0.4) is 0 Å². The molecule has 0 rings (SSSR count). The van der Waals surface area contributed by atoms with Crippen LogP contribution in [0.25, 0.3) is 0 Å². The van der Waals surface area contributed by atoms with E-state index < -0.39 is 23.3 Å². The third kappa shape index (κ3) is 5.50. The van der Waals surface area contributed by atoms with Crippen LogP contribution in [0, 0.1) is 0 Å². The van der Waals surface area contributed by atoms with E-state index in [0.717, 1.165) is 12.2 Å². The van der Waals surface area contributed by atoms with Crippen molar-refractivity contribution >= 4 is 17.7 Å². The first kappa shape index (κ1) is 14.9. The highest BCUT2D eigenvalue weighted by atomic mass is 16.4. The van der Waals surface area contributed by atoms with Gasteiger partial charge in [0.05, 0.1) is 11.5 Å². The molecular weight excluding hydrogens is 228 g/mol. The Bertz CT molecular complexity index is 361. The zero-order valence-corrected chi connectivity index (χ0v) is 9.26. The summed E-state index contributed by atoms with van der Waals surface area (Å²) in [6.07, 6.45) is 2.90. The average molecular weight is 240 g/mol. The third-order valence-corrected chi connectivity index (χ3v) is 1.81. The zero-order valence-electron chi connectivity index (χ0n) is 9.26. The molecule has 0 aliphatic rings. The van der Waals surface area contributed by atoms with Crippen LogP contribution in [0.2, 0.25) is 0 Å². The second kappa shape index (κ2) is 7.21. The van der Waals surface area contributed by atoms with E-state index in [0.29, 0.717) is 12.8 Å². The van der Waals surface area contributed by atoms with E-state index in [1.807, 2.05) is 6.92 Å². The topological polar surface area (TPSA) is 118 Å². The summed E-state index contributed by atoms with van der Waals surface area (Å²) in [5.41, 5.74) is -1.34. The van der Waals surface area contributed by atoms with Gasteiger partial charge in [0.25, 0.3) is 0 Å². The summed E-state index contributed by atoms with van der Waals surface area (Å²) in [5, 5.41) is 29.9. The Kier molecular flexibility index (Phi) is 6.32. The molecule has 0 spiro atoms. The van der Waals surface area contributed by atoms with E-state index in [1.54, 1.807) is 0 Å². The normalized spacial score (nSPS) is 12.3. The van der Waals surface area contributed by atoms with E-state index in [-0.39, 0.29) is 12.2 Å². The van der Waals surface area contributed by atoms with E-state index in [2.05, 4.69) is 0 Å². The van der Waals surface area contributed by atoms with E-state index >= 15 is 0 Å². The van der Waals surface area contributed by atoms with Crippen molar-refractivity contribution < 1.29 is 29.7 Å². The molecule has 0 amide bonds. The summed E-state index contributed by atoms with van der Waals surface area (Å²) in [4.78, 5) is 31.8. The number of ketones is 1. The number of rotatable bonds is 7. The highest BCUT2D eigenvalue weighted by molar-refractivity contribution is 6.12. The smallest absolute Gasteiger partial charge is 0.336 e. The predicted molar refractivity (Wildman–Crippen MR) is 53.3 cm³/mol.